The van der Waals surface area contributed by atoms with Crippen LogP contribution in [0.3, 0.4) is 0 Å². The Morgan fingerprint density at radius 2 is 1.95 bits per heavy atom. The predicted molar refractivity (Wildman–Crippen MR) is 150 cm³/mol. The first-order valence-corrected chi connectivity index (χ1v) is 13.1. The minimum absolute atomic E-state index is 0.259. The molecule has 10 heteroatoms. The first kappa shape index (κ1) is 27.5. The van der Waals surface area contributed by atoms with Gasteiger partial charge in [0.25, 0.3) is 0 Å². The first-order valence-electron chi connectivity index (χ1n) is 13.1. The van der Waals surface area contributed by atoms with Crippen LogP contribution < -0.4 is 15.0 Å². The van der Waals surface area contributed by atoms with E-state index in [-0.39, 0.29) is 5.75 Å². The molecule has 1 N–H and O–H groups in total. The zero-order valence-corrected chi connectivity index (χ0v) is 22.7. The number of nitrogens with one attached hydrogen (secondary N) is 1. The fraction of sp³-hybridized carbons (Fsp3) is 0.333. The van der Waals surface area contributed by atoms with Crippen molar-refractivity contribution in [3.8, 4) is 17.1 Å². The molecule has 5 rings (SSSR count). The van der Waals surface area contributed by atoms with Crippen LogP contribution in [0.25, 0.3) is 27.9 Å². The Hall–Kier alpha value is -4.05. The molecule has 1 aliphatic rings. The fourth-order valence-corrected chi connectivity index (χ4v) is 4.84. The Bertz CT molecular complexity index is 1550. The summed E-state index contributed by atoms with van der Waals surface area (Å²) in [6, 6.07) is 8.04. The van der Waals surface area contributed by atoms with E-state index in [9.17, 15) is 13.2 Å². The molecule has 0 aliphatic heterocycles. The zero-order chi connectivity index (χ0) is 28.4. The summed E-state index contributed by atoms with van der Waals surface area (Å²) in [7, 11) is 3.96. The lowest BCUT2D eigenvalue weighted by Gasteiger charge is -2.22. The van der Waals surface area contributed by atoms with E-state index in [0.29, 0.717) is 23.7 Å². The van der Waals surface area contributed by atoms with Crippen LogP contribution in [0.1, 0.15) is 41.1 Å². The standard InChI is InChI=1S/C30H31F3N6O/c1-18(24-8-7-23(14-19(24)2)40-30(31,32)33)13-22-15-21(9-10-36-22)28-37-26-17-35-16-25(20-5-6-20)27(26)29(38-28)39(4)12-11-34-3/h7-10,14-17,20,34H,1,5-6,11-13H2,2-4H3. The Morgan fingerprint density at radius 1 is 1.15 bits per heavy atom. The van der Waals surface area contributed by atoms with Crippen molar-refractivity contribution in [1.29, 1.82) is 0 Å². The molecule has 0 spiro atoms. The van der Waals surface area contributed by atoms with Crippen LogP contribution in [0.4, 0.5) is 19.0 Å². The second-order valence-corrected chi connectivity index (χ2v) is 10.1. The van der Waals surface area contributed by atoms with Crippen LogP contribution in [0, 0.1) is 6.92 Å². The number of anilines is 1. The normalized spacial score (nSPS) is 13.4. The number of fused-ring (bicyclic) bond motifs is 1. The lowest BCUT2D eigenvalue weighted by Crippen LogP contribution is -2.28. The predicted octanol–water partition coefficient (Wildman–Crippen LogP) is 6.08. The molecule has 208 valence electrons. The molecular formula is C30H31F3N6O. The topological polar surface area (TPSA) is 76.1 Å². The molecule has 0 radical (unpaired) electrons. The van der Waals surface area contributed by atoms with Crippen LogP contribution >= 0.6 is 0 Å². The van der Waals surface area contributed by atoms with Gasteiger partial charge in [0, 0.05) is 55.6 Å². The van der Waals surface area contributed by atoms with Crippen molar-refractivity contribution in [1.82, 2.24) is 25.3 Å². The summed E-state index contributed by atoms with van der Waals surface area (Å²) in [6.07, 6.45) is 3.41. The minimum atomic E-state index is -4.74. The van der Waals surface area contributed by atoms with Crippen molar-refractivity contribution >= 4 is 22.3 Å². The molecule has 0 amide bonds. The molecule has 0 bridgehead atoms. The van der Waals surface area contributed by atoms with Crippen molar-refractivity contribution in [2.45, 2.75) is 38.5 Å². The fourth-order valence-electron chi connectivity index (χ4n) is 4.84. The number of hydrogen-bond acceptors (Lipinski definition) is 7. The monoisotopic (exact) mass is 548 g/mol. The van der Waals surface area contributed by atoms with Crippen LogP contribution in [0.2, 0.25) is 0 Å². The van der Waals surface area contributed by atoms with Gasteiger partial charge in [-0.3, -0.25) is 9.97 Å². The Labute approximate surface area is 231 Å². The molecule has 4 aromatic rings. The number of aryl methyl sites for hydroxylation is 1. The van der Waals surface area contributed by atoms with Gasteiger partial charge in [-0.05, 0) is 79.3 Å². The number of rotatable bonds is 10. The van der Waals surface area contributed by atoms with Gasteiger partial charge in [0.2, 0.25) is 0 Å². The van der Waals surface area contributed by atoms with Crippen LogP contribution in [0.5, 0.6) is 5.75 Å². The average molecular weight is 549 g/mol. The summed E-state index contributed by atoms with van der Waals surface area (Å²) in [6.45, 7) is 7.49. The number of allylic oxidation sites excluding steroid dienone is 1. The summed E-state index contributed by atoms with van der Waals surface area (Å²) in [5, 5.41) is 4.25. The van der Waals surface area contributed by atoms with Gasteiger partial charge in [0.1, 0.15) is 11.6 Å². The van der Waals surface area contributed by atoms with Gasteiger partial charge in [-0.1, -0.05) is 12.6 Å². The van der Waals surface area contributed by atoms with Crippen LogP contribution in [-0.2, 0) is 6.42 Å². The highest BCUT2D eigenvalue weighted by atomic mass is 19.4. The number of ether oxygens (including phenoxy) is 1. The summed E-state index contributed by atoms with van der Waals surface area (Å²) in [4.78, 5) is 21.1. The van der Waals surface area contributed by atoms with Gasteiger partial charge in [-0.15, -0.1) is 13.2 Å². The van der Waals surface area contributed by atoms with E-state index in [1.54, 1.807) is 25.4 Å². The van der Waals surface area contributed by atoms with E-state index < -0.39 is 6.36 Å². The molecular weight excluding hydrogens is 517 g/mol. The molecule has 0 saturated heterocycles. The lowest BCUT2D eigenvalue weighted by molar-refractivity contribution is -0.274. The number of pyridine rings is 2. The SMILES string of the molecule is C=C(Cc1cc(-c2nc(N(C)CCNC)c3c(C4CC4)cncc3n2)ccn1)c1ccc(OC(F)(F)F)cc1C. The van der Waals surface area contributed by atoms with Crippen molar-refractivity contribution < 1.29 is 17.9 Å². The Kier molecular flexibility index (Phi) is 7.71. The first-order chi connectivity index (χ1) is 19.1. The van der Waals surface area contributed by atoms with Crippen LogP contribution in [0.15, 0.2) is 55.5 Å². The summed E-state index contributed by atoms with van der Waals surface area (Å²) < 4.78 is 41.8. The third-order valence-corrected chi connectivity index (χ3v) is 6.97. The summed E-state index contributed by atoms with van der Waals surface area (Å²) >= 11 is 0. The quantitative estimate of drug-likeness (QED) is 0.257. The molecule has 0 unspecified atom stereocenters. The van der Waals surface area contributed by atoms with E-state index in [1.807, 2.05) is 32.4 Å². The lowest BCUT2D eigenvalue weighted by atomic mass is 9.97. The van der Waals surface area contributed by atoms with E-state index in [2.05, 4.69) is 31.5 Å². The summed E-state index contributed by atoms with van der Waals surface area (Å²) in [5.41, 5.74) is 5.67. The van der Waals surface area contributed by atoms with E-state index in [4.69, 9.17) is 9.97 Å². The van der Waals surface area contributed by atoms with Gasteiger partial charge in [0.05, 0.1) is 11.7 Å². The van der Waals surface area contributed by atoms with E-state index in [0.717, 1.165) is 65.0 Å². The molecule has 40 heavy (non-hydrogen) atoms. The van der Waals surface area contributed by atoms with Gasteiger partial charge < -0.3 is 15.0 Å². The second kappa shape index (κ2) is 11.2. The number of benzene rings is 1. The van der Waals surface area contributed by atoms with Crippen molar-refractivity contribution in [2.24, 2.45) is 0 Å². The number of hydrogen-bond donors (Lipinski definition) is 1. The number of nitrogens with zero attached hydrogens (tertiary/aromatic N) is 5. The third-order valence-electron chi connectivity index (χ3n) is 6.97. The summed E-state index contributed by atoms with van der Waals surface area (Å²) in [5.74, 6) is 1.69. The maximum atomic E-state index is 12.6. The molecule has 7 nitrogen and oxygen atoms in total. The van der Waals surface area contributed by atoms with Gasteiger partial charge >= 0.3 is 6.36 Å². The molecule has 3 aromatic heterocycles. The molecule has 1 fully saturated rings. The number of alkyl halides is 3. The molecule has 1 aromatic carbocycles. The van der Waals surface area contributed by atoms with Crippen LogP contribution in [-0.4, -0.2) is 53.5 Å². The van der Waals surface area contributed by atoms with Gasteiger partial charge in [-0.2, -0.15) is 0 Å². The van der Waals surface area contributed by atoms with Gasteiger partial charge in [0.15, 0.2) is 5.82 Å². The van der Waals surface area contributed by atoms with E-state index in [1.165, 1.54) is 17.7 Å². The zero-order valence-electron chi connectivity index (χ0n) is 22.7. The number of halogens is 3. The molecule has 1 aliphatic carbocycles. The smallest absolute Gasteiger partial charge is 0.406 e. The largest absolute Gasteiger partial charge is 0.573 e. The highest BCUT2D eigenvalue weighted by molar-refractivity contribution is 5.94. The average Bonchev–Trinajstić information content (AvgIpc) is 3.75. The highest BCUT2D eigenvalue weighted by Gasteiger charge is 2.31. The van der Waals surface area contributed by atoms with Gasteiger partial charge in [-0.25, -0.2) is 9.97 Å². The van der Waals surface area contributed by atoms with Crippen molar-refractivity contribution in [2.75, 3.05) is 32.1 Å². The second-order valence-electron chi connectivity index (χ2n) is 10.1. The van der Waals surface area contributed by atoms with Crippen molar-refractivity contribution in [3.63, 3.8) is 0 Å². The maximum Gasteiger partial charge on any atom is 0.573 e. The maximum absolute atomic E-state index is 12.6. The molecule has 1 saturated carbocycles. The Balaban J connectivity index is 1.45. The van der Waals surface area contributed by atoms with Crippen molar-refractivity contribution in [3.05, 3.63) is 77.9 Å². The minimum Gasteiger partial charge on any atom is -0.406 e. The number of aromatic nitrogens is 4. The Morgan fingerprint density at radius 3 is 2.65 bits per heavy atom. The highest BCUT2D eigenvalue weighted by Crippen LogP contribution is 2.44. The van der Waals surface area contributed by atoms with E-state index >= 15 is 0 Å². The third kappa shape index (κ3) is 6.22. The molecule has 0 atom stereocenters. The molecule has 3 heterocycles. The number of likely N-dealkylation sites (N-methyl/N-ethyl adjacent to an activating group) is 2.